The van der Waals surface area contributed by atoms with E-state index >= 15 is 0 Å². The molecule has 2 saturated heterocycles. The number of nitrogens with zero attached hydrogens (tertiary/aromatic N) is 6. The van der Waals surface area contributed by atoms with Crippen molar-refractivity contribution < 1.29 is 13.9 Å². The summed E-state index contributed by atoms with van der Waals surface area (Å²) in [5.74, 6) is 2.08. The smallest absolute Gasteiger partial charge is 0.292 e. The lowest BCUT2D eigenvalue weighted by atomic mass is 10.4. The van der Waals surface area contributed by atoms with Crippen LogP contribution in [-0.4, -0.2) is 72.5 Å². The summed E-state index contributed by atoms with van der Waals surface area (Å²) in [6, 6.07) is 0.0891. The van der Waals surface area contributed by atoms with Gasteiger partial charge in [0.15, 0.2) is 5.76 Å². The van der Waals surface area contributed by atoms with Gasteiger partial charge in [-0.15, -0.1) is 0 Å². The fourth-order valence-electron chi connectivity index (χ4n) is 2.66. The third-order valence-electron chi connectivity index (χ3n) is 3.94. The lowest BCUT2D eigenvalue weighted by Gasteiger charge is -2.30. The highest BCUT2D eigenvalue weighted by molar-refractivity contribution is 5.53. The zero-order chi connectivity index (χ0) is 16.4. The molecular formula is C14H19N7O3. The molecule has 0 amide bonds. The average molecular weight is 333 g/mol. The molecule has 4 heterocycles. The highest BCUT2D eigenvalue weighted by Gasteiger charge is 2.22. The van der Waals surface area contributed by atoms with Gasteiger partial charge in [-0.3, -0.25) is 0 Å². The number of morpholine rings is 2. The molecule has 10 nitrogen and oxygen atoms in total. The summed E-state index contributed by atoms with van der Waals surface area (Å²) < 4.78 is 16.2. The maximum absolute atomic E-state index is 5.57. The van der Waals surface area contributed by atoms with Gasteiger partial charge in [-0.25, -0.2) is 4.98 Å². The van der Waals surface area contributed by atoms with E-state index in [1.807, 2.05) is 0 Å². The number of hydrogen-bond donors (Lipinski definition) is 1. The van der Waals surface area contributed by atoms with Gasteiger partial charge in [0.2, 0.25) is 17.7 Å². The van der Waals surface area contributed by atoms with Gasteiger partial charge in [-0.2, -0.15) is 15.0 Å². The van der Waals surface area contributed by atoms with Crippen LogP contribution in [0, 0.1) is 0 Å². The van der Waals surface area contributed by atoms with Crippen molar-refractivity contribution in [1.82, 2.24) is 19.9 Å². The third-order valence-corrected chi connectivity index (χ3v) is 3.94. The van der Waals surface area contributed by atoms with Gasteiger partial charge in [0.25, 0.3) is 6.01 Å². The minimum atomic E-state index is 0.0891. The molecule has 0 radical (unpaired) electrons. The topological polar surface area (TPSA) is 116 Å². The Balaban J connectivity index is 1.71. The van der Waals surface area contributed by atoms with Crippen molar-refractivity contribution >= 4 is 17.9 Å². The Kier molecular flexibility index (Phi) is 4.13. The number of hydrogen-bond acceptors (Lipinski definition) is 10. The first-order chi connectivity index (χ1) is 11.8. The summed E-state index contributed by atoms with van der Waals surface area (Å²) in [4.78, 5) is 21.8. The first kappa shape index (κ1) is 15.1. The van der Waals surface area contributed by atoms with E-state index in [1.165, 1.54) is 6.20 Å². The molecule has 0 aromatic carbocycles. The first-order valence-corrected chi connectivity index (χ1v) is 7.93. The number of ether oxygens (including phenoxy) is 2. The van der Waals surface area contributed by atoms with Gasteiger partial charge < -0.3 is 29.4 Å². The summed E-state index contributed by atoms with van der Waals surface area (Å²) in [6.07, 6.45) is 1.52. The SMILES string of the molecule is Nc1ncc(-c2nc(N3CCOCC3)nc(N3CCOCC3)n2)o1. The predicted octanol–water partition coefficient (Wildman–Crippen LogP) is -0.218. The van der Waals surface area contributed by atoms with Gasteiger partial charge in [0, 0.05) is 26.2 Å². The van der Waals surface area contributed by atoms with Crippen molar-refractivity contribution in [2.24, 2.45) is 0 Å². The lowest BCUT2D eigenvalue weighted by molar-refractivity contribution is 0.121. The van der Waals surface area contributed by atoms with Crippen LogP contribution >= 0.6 is 0 Å². The Morgan fingerprint density at radius 3 is 1.83 bits per heavy atom. The van der Waals surface area contributed by atoms with Gasteiger partial charge in [-0.1, -0.05) is 0 Å². The molecule has 0 unspecified atom stereocenters. The van der Waals surface area contributed by atoms with Crippen LogP contribution in [0.2, 0.25) is 0 Å². The van der Waals surface area contributed by atoms with Gasteiger partial charge in [0.05, 0.1) is 32.6 Å². The molecule has 4 rings (SSSR count). The minimum absolute atomic E-state index is 0.0891. The molecule has 2 aliphatic heterocycles. The van der Waals surface area contributed by atoms with Crippen molar-refractivity contribution in [2.45, 2.75) is 0 Å². The summed E-state index contributed by atoms with van der Waals surface area (Å²) in [5, 5.41) is 0. The number of nitrogen functional groups attached to an aromatic ring is 1. The summed E-state index contributed by atoms with van der Waals surface area (Å²) in [5.41, 5.74) is 5.57. The number of rotatable bonds is 3. The van der Waals surface area contributed by atoms with E-state index in [-0.39, 0.29) is 6.01 Å². The van der Waals surface area contributed by atoms with Crippen LogP contribution in [-0.2, 0) is 9.47 Å². The fraction of sp³-hybridized carbons (Fsp3) is 0.571. The molecule has 0 spiro atoms. The second-order valence-corrected chi connectivity index (χ2v) is 5.52. The Hall–Kier alpha value is -2.46. The molecule has 10 heteroatoms. The van der Waals surface area contributed by atoms with E-state index < -0.39 is 0 Å². The molecule has 0 aliphatic carbocycles. The number of nitrogens with two attached hydrogens (primary N) is 1. The molecule has 0 saturated carbocycles. The van der Waals surface area contributed by atoms with Crippen molar-refractivity contribution in [1.29, 1.82) is 0 Å². The van der Waals surface area contributed by atoms with E-state index in [4.69, 9.17) is 19.6 Å². The largest absolute Gasteiger partial charge is 0.420 e. The maximum atomic E-state index is 5.57. The van der Waals surface area contributed by atoms with Crippen molar-refractivity contribution in [2.75, 3.05) is 68.1 Å². The molecule has 0 atom stereocenters. The van der Waals surface area contributed by atoms with Crippen LogP contribution in [0.1, 0.15) is 0 Å². The minimum Gasteiger partial charge on any atom is -0.420 e. The highest BCUT2D eigenvalue weighted by Crippen LogP contribution is 2.23. The zero-order valence-electron chi connectivity index (χ0n) is 13.2. The predicted molar refractivity (Wildman–Crippen MR) is 85.8 cm³/mol. The average Bonchev–Trinajstić information content (AvgIpc) is 3.09. The van der Waals surface area contributed by atoms with E-state index in [2.05, 4.69) is 29.7 Å². The van der Waals surface area contributed by atoms with Crippen LogP contribution < -0.4 is 15.5 Å². The van der Waals surface area contributed by atoms with Crippen LogP contribution in [0.4, 0.5) is 17.9 Å². The summed E-state index contributed by atoms with van der Waals surface area (Å²) in [7, 11) is 0. The quantitative estimate of drug-likeness (QED) is 0.808. The third kappa shape index (κ3) is 3.10. The van der Waals surface area contributed by atoms with E-state index in [9.17, 15) is 0 Å². The monoisotopic (exact) mass is 333 g/mol. The Morgan fingerprint density at radius 1 is 0.833 bits per heavy atom. The molecule has 2 aliphatic rings. The Labute approximate surface area is 138 Å². The van der Waals surface area contributed by atoms with Gasteiger partial charge in [0.1, 0.15) is 0 Å². The van der Waals surface area contributed by atoms with Crippen LogP contribution in [0.3, 0.4) is 0 Å². The molecule has 2 fully saturated rings. The van der Waals surface area contributed by atoms with E-state index in [1.54, 1.807) is 0 Å². The summed E-state index contributed by atoms with van der Waals surface area (Å²) >= 11 is 0. The van der Waals surface area contributed by atoms with Crippen LogP contribution in [0.15, 0.2) is 10.6 Å². The van der Waals surface area contributed by atoms with Crippen molar-refractivity contribution in [3.8, 4) is 11.6 Å². The van der Waals surface area contributed by atoms with E-state index in [0.717, 1.165) is 26.2 Å². The Bertz CT molecular complexity index is 659. The molecular weight excluding hydrogens is 314 g/mol. The highest BCUT2D eigenvalue weighted by atomic mass is 16.5. The number of anilines is 3. The summed E-state index contributed by atoms with van der Waals surface area (Å²) in [6.45, 7) is 5.59. The van der Waals surface area contributed by atoms with Crippen LogP contribution in [0.25, 0.3) is 11.6 Å². The normalized spacial score (nSPS) is 18.8. The molecule has 0 bridgehead atoms. The zero-order valence-corrected chi connectivity index (χ0v) is 13.2. The van der Waals surface area contributed by atoms with Gasteiger partial charge in [-0.05, 0) is 0 Å². The molecule has 2 N–H and O–H groups in total. The van der Waals surface area contributed by atoms with Crippen molar-refractivity contribution in [3.05, 3.63) is 6.20 Å². The van der Waals surface area contributed by atoms with Gasteiger partial charge >= 0.3 is 0 Å². The lowest BCUT2D eigenvalue weighted by Crippen LogP contribution is -2.40. The number of oxazole rings is 1. The van der Waals surface area contributed by atoms with E-state index in [0.29, 0.717) is 49.9 Å². The van der Waals surface area contributed by atoms with Crippen molar-refractivity contribution in [3.63, 3.8) is 0 Å². The number of aromatic nitrogens is 4. The second-order valence-electron chi connectivity index (χ2n) is 5.52. The second kappa shape index (κ2) is 6.57. The molecule has 2 aromatic heterocycles. The fourth-order valence-corrected chi connectivity index (χ4v) is 2.66. The Morgan fingerprint density at radius 2 is 1.38 bits per heavy atom. The molecule has 128 valence electrons. The molecule has 24 heavy (non-hydrogen) atoms. The molecule has 2 aromatic rings. The van der Waals surface area contributed by atoms with Crippen LogP contribution in [0.5, 0.6) is 0 Å². The maximum Gasteiger partial charge on any atom is 0.292 e. The first-order valence-electron chi connectivity index (χ1n) is 7.93. The standard InChI is InChI=1S/C14H19N7O3/c15-12-16-9-10(24-12)11-17-13(20-1-5-22-6-2-20)19-14(18-11)21-3-7-23-8-4-21/h9H,1-8H2,(H2,15,16).